The van der Waals surface area contributed by atoms with Crippen LogP contribution in [0.4, 0.5) is 0 Å². The van der Waals surface area contributed by atoms with Gasteiger partial charge in [-0.3, -0.25) is 4.79 Å². The predicted octanol–water partition coefficient (Wildman–Crippen LogP) is 6.16. The van der Waals surface area contributed by atoms with Gasteiger partial charge in [0.15, 0.2) is 0 Å². The van der Waals surface area contributed by atoms with Crippen molar-refractivity contribution in [3.8, 4) is 23.0 Å². The summed E-state index contributed by atoms with van der Waals surface area (Å²) >= 11 is 0. The van der Waals surface area contributed by atoms with Gasteiger partial charge in [0, 0.05) is 17.7 Å². The van der Waals surface area contributed by atoms with Gasteiger partial charge in [-0.2, -0.15) is 0 Å². The zero-order valence-electron chi connectivity index (χ0n) is 18.4. The average molecular weight is 415 g/mol. The van der Waals surface area contributed by atoms with Crippen molar-refractivity contribution in [2.75, 3.05) is 19.8 Å². The van der Waals surface area contributed by atoms with Gasteiger partial charge in [0.25, 0.3) is 0 Å². The molecule has 0 aliphatic carbocycles. The van der Waals surface area contributed by atoms with Crippen LogP contribution in [0.1, 0.15) is 75.2 Å². The summed E-state index contributed by atoms with van der Waals surface area (Å²) in [6, 6.07) is 10.2. The van der Waals surface area contributed by atoms with Crippen molar-refractivity contribution < 1.29 is 24.1 Å². The lowest BCUT2D eigenvalue weighted by Crippen LogP contribution is -2.08. The van der Waals surface area contributed by atoms with E-state index in [4.69, 9.17) is 14.2 Å². The predicted molar refractivity (Wildman–Crippen MR) is 119 cm³/mol. The number of phenolic OH excluding ortho intramolecular Hbond substituents is 1. The van der Waals surface area contributed by atoms with Gasteiger partial charge in [-0.05, 0) is 43.5 Å². The maximum Gasteiger partial charge on any atom is 0.200 e. The number of ether oxygens (including phenoxy) is 3. The molecule has 0 unspecified atom stereocenters. The minimum absolute atomic E-state index is 0.135. The minimum Gasteiger partial charge on any atom is -0.507 e. The van der Waals surface area contributed by atoms with E-state index in [9.17, 15) is 9.90 Å². The molecule has 30 heavy (non-hydrogen) atoms. The van der Waals surface area contributed by atoms with Gasteiger partial charge in [0.05, 0.1) is 19.8 Å². The van der Waals surface area contributed by atoms with Crippen LogP contribution in [0.5, 0.6) is 23.0 Å². The SMILES string of the molecule is CCCCOc1ccc(C(=O)c2c(O)cc(OCCCC)cc2OCCCC)cc1. The van der Waals surface area contributed by atoms with Gasteiger partial charge in [0.1, 0.15) is 28.6 Å². The van der Waals surface area contributed by atoms with Crippen LogP contribution in [-0.4, -0.2) is 30.7 Å². The third kappa shape index (κ3) is 6.97. The lowest BCUT2D eigenvalue weighted by Gasteiger charge is -2.15. The highest BCUT2D eigenvalue weighted by molar-refractivity contribution is 6.12. The van der Waals surface area contributed by atoms with Crippen molar-refractivity contribution in [2.45, 2.75) is 59.3 Å². The lowest BCUT2D eigenvalue weighted by atomic mass is 10.0. The van der Waals surface area contributed by atoms with Crippen molar-refractivity contribution >= 4 is 5.78 Å². The summed E-state index contributed by atoms with van der Waals surface area (Å²) in [6.07, 6.45) is 5.82. The van der Waals surface area contributed by atoms with Crippen molar-refractivity contribution in [3.05, 3.63) is 47.5 Å². The van der Waals surface area contributed by atoms with Gasteiger partial charge in [-0.15, -0.1) is 0 Å². The number of hydrogen-bond acceptors (Lipinski definition) is 5. The summed E-state index contributed by atoms with van der Waals surface area (Å²) in [7, 11) is 0. The molecule has 0 heterocycles. The molecule has 0 aliphatic heterocycles. The van der Waals surface area contributed by atoms with E-state index in [1.807, 2.05) is 0 Å². The van der Waals surface area contributed by atoms with Crippen LogP contribution < -0.4 is 14.2 Å². The van der Waals surface area contributed by atoms with Crippen LogP contribution in [0.25, 0.3) is 0 Å². The average Bonchev–Trinajstić information content (AvgIpc) is 2.74. The van der Waals surface area contributed by atoms with Gasteiger partial charge >= 0.3 is 0 Å². The van der Waals surface area contributed by atoms with Crippen molar-refractivity contribution in [2.24, 2.45) is 0 Å². The van der Waals surface area contributed by atoms with Gasteiger partial charge in [-0.1, -0.05) is 40.0 Å². The molecule has 2 rings (SSSR count). The van der Waals surface area contributed by atoms with Crippen molar-refractivity contribution in [1.82, 2.24) is 0 Å². The Balaban J connectivity index is 2.24. The van der Waals surface area contributed by atoms with Gasteiger partial charge in [-0.25, -0.2) is 0 Å². The summed E-state index contributed by atoms with van der Waals surface area (Å²) < 4.78 is 17.2. The summed E-state index contributed by atoms with van der Waals surface area (Å²) in [5, 5.41) is 10.6. The molecule has 1 N–H and O–H groups in total. The molecular formula is C25H34O5. The fraction of sp³-hybridized carbons (Fsp3) is 0.480. The van der Waals surface area contributed by atoms with E-state index in [2.05, 4.69) is 20.8 Å². The Morgan fingerprint density at radius 2 is 1.30 bits per heavy atom. The lowest BCUT2D eigenvalue weighted by molar-refractivity contribution is 0.103. The highest BCUT2D eigenvalue weighted by Crippen LogP contribution is 2.35. The second-order valence-electron chi connectivity index (χ2n) is 7.28. The molecule has 0 amide bonds. The van der Waals surface area contributed by atoms with E-state index < -0.39 is 0 Å². The zero-order chi connectivity index (χ0) is 21.8. The third-order valence-corrected chi connectivity index (χ3v) is 4.69. The Labute approximate surface area is 180 Å². The number of rotatable bonds is 14. The summed E-state index contributed by atoms with van der Waals surface area (Å²) in [4.78, 5) is 13.1. The molecule has 2 aromatic carbocycles. The fourth-order valence-electron chi connectivity index (χ4n) is 2.84. The van der Waals surface area contributed by atoms with E-state index >= 15 is 0 Å². The number of phenols is 1. The van der Waals surface area contributed by atoms with Crippen LogP contribution in [-0.2, 0) is 0 Å². The zero-order valence-corrected chi connectivity index (χ0v) is 18.4. The molecule has 0 fully saturated rings. The quantitative estimate of drug-likeness (QED) is 0.296. The number of carbonyl (C=O) groups excluding carboxylic acids is 1. The Morgan fingerprint density at radius 1 is 0.767 bits per heavy atom. The Hall–Kier alpha value is -2.69. The molecule has 0 aromatic heterocycles. The normalized spacial score (nSPS) is 10.6. The molecule has 0 radical (unpaired) electrons. The molecule has 5 nitrogen and oxygen atoms in total. The first-order valence-electron chi connectivity index (χ1n) is 11.0. The van der Waals surface area contributed by atoms with E-state index in [0.717, 1.165) is 44.3 Å². The number of hydrogen-bond donors (Lipinski definition) is 1. The second-order valence-corrected chi connectivity index (χ2v) is 7.28. The maximum atomic E-state index is 13.1. The maximum absolute atomic E-state index is 13.1. The van der Waals surface area contributed by atoms with E-state index in [0.29, 0.717) is 36.9 Å². The molecule has 0 spiro atoms. The highest BCUT2D eigenvalue weighted by atomic mass is 16.5. The number of benzene rings is 2. The fourth-order valence-corrected chi connectivity index (χ4v) is 2.84. The van der Waals surface area contributed by atoms with Crippen LogP contribution in [0.3, 0.4) is 0 Å². The van der Waals surface area contributed by atoms with Gasteiger partial charge in [0.2, 0.25) is 5.78 Å². The minimum atomic E-state index is -0.292. The highest BCUT2D eigenvalue weighted by Gasteiger charge is 2.21. The third-order valence-electron chi connectivity index (χ3n) is 4.69. The Bertz CT molecular complexity index is 783. The standard InChI is InChI=1S/C25H34O5/c1-4-7-14-28-20-12-10-19(11-13-20)25(27)24-22(26)17-21(29-15-8-5-2)18-23(24)30-16-9-6-3/h10-13,17-18,26H,4-9,14-16H2,1-3H3. The molecule has 0 saturated heterocycles. The molecule has 5 heteroatoms. The summed E-state index contributed by atoms with van der Waals surface area (Å²) in [6.45, 7) is 7.94. The van der Waals surface area contributed by atoms with E-state index in [1.54, 1.807) is 30.3 Å². The van der Waals surface area contributed by atoms with Crippen LogP contribution >= 0.6 is 0 Å². The summed E-state index contributed by atoms with van der Waals surface area (Å²) in [5.41, 5.74) is 0.627. The first-order valence-corrected chi connectivity index (χ1v) is 11.0. The smallest absolute Gasteiger partial charge is 0.200 e. The molecule has 0 aliphatic rings. The topological polar surface area (TPSA) is 65.0 Å². The van der Waals surface area contributed by atoms with Crippen molar-refractivity contribution in [3.63, 3.8) is 0 Å². The Kier molecular flexibility index (Phi) is 10.1. The second kappa shape index (κ2) is 12.8. The van der Waals surface area contributed by atoms with Crippen molar-refractivity contribution in [1.29, 1.82) is 0 Å². The molecule has 2 aromatic rings. The molecular weight excluding hydrogens is 380 g/mol. The number of carbonyl (C=O) groups is 1. The van der Waals surface area contributed by atoms with Crippen LogP contribution in [0, 0.1) is 0 Å². The first-order chi connectivity index (χ1) is 14.6. The van der Waals surface area contributed by atoms with E-state index in [1.165, 1.54) is 6.07 Å². The van der Waals surface area contributed by atoms with Crippen LogP contribution in [0.15, 0.2) is 36.4 Å². The first kappa shape index (κ1) is 23.6. The monoisotopic (exact) mass is 414 g/mol. The largest absolute Gasteiger partial charge is 0.507 e. The summed E-state index contributed by atoms with van der Waals surface area (Å²) in [5.74, 6) is 1.15. The molecule has 0 saturated carbocycles. The van der Waals surface area contributed by atoms with Gasteiger partial charge < -0.3 is 19.3 Å². The molecule has 164 valence electrons. The van der Waals surface area contributed by atoms with E-state index in [-0.39, 0.29) is 17.1 Å². The number of aromatic hydroxyl groups is 1. The van der Waals surface area contributed by atoms with Crippen LogP contribution in [0.2, 0.25) is 0 Å². The number of ketones is 1. The molecule has 0 bridgehead atoms. The number of unbranched alkanes of at least 4 members (excludes halogenated alkanes) is 3. The molecule has 0 atom stereocenters. The Morgan fingerprint density at radius 3 is 1.87 bits per heavy atom.